The summed E-state index contributed by atoms with van der Waals surface area (Å²) >= 11 is 0. The summed E-state index contributed by atoms with van der Waals surface area (Å²) in [5.41, 5.74) is 8.39. The molecule has 1 amide bonds. The van der Waals surface area contributed by atoms with Gasteiger partial charge in [-0.15, -0.1) is 0 Å². The fourth-order valence-corrected chi connectivity index (χ4v) is 3.62. The van der Waals surface area contributed by atoms with Gasteiger partial charge in [-0.3, -0.25) is 4.79 Å². The van der Waals surface area contributed by atoms with Crippen molar-refractivity contribution in [1.82, 2.24) is 0 Å². The summed E-state index contributed by atoms with van der Waals surface area (Å²) < 4.78 is 0. The molecule has 3 heteroatoms. The van der Waals surface area contributed by atoms with Gasteiger partial charge in [0.2, 0.25) is 5.91 Å². The van der Waals surface area contributed by atoms with Crippen LogP contribution >= 0.6 is 0 Å². The van der Waals surface area contributed by atoms with Crippen LogP contribution in [0.25, 0.3) is 0 Å². The van der Waals surface area contributed by atoms with Gasteiger partial charge in [-0.05, 0) is 30.4 Å². The third-order valence-corrected chi connectivity index (χ3v) is 4.72. The molecule has 1 fully saturated rings. The van der Waals surface area contributed by atoms with Crippen molar-refractivity contribution in [3.05, 3.63) is 29.8 Å². The van der Waals surface area contributed by atoms with Gasteiger partial charge < -0.3 is 10.6 Å². The highest BCUT2D eigenvalue weighted by Gasteiger charge is 2.26. The zero-order chi connectivity index (χ0) is 13.9. The lowest BCUT2D eigenvalue weighted by Gasteiger charge is -2.33. The van der Waals surface area contributed by atoms with Crippen molar-refractivity contribution in [2.75, 3.05) is 11.4 Å². The van der Waals surface area contributed by atoms with E-state index in [-0.39, 0.29) is 11.9 Å². The van der Waals surface area contributed by atoms with Crippen LogP contribution in [0.3, 0.4) is 0 Å². The zero-order valence-electron chi connectivity index (χ0n) is 12.1. The highest BCUT2D eigenvalue weighted by atomic mass is 16.2. The number of carbonyl (C=O) groups excluding carboxylic acids is 1. The Morgan fingerprint density at radius 2 is 2.00 bits per heavy atom. The smallest absolute Gasteiger partial charge is 0.227 e. The van der Waals surface area contributed by atoms with E-state index in [9.17, 15) is 4.79 Å². The minimum atomic E-state index is 0.0698. The van der Waals surface area contributed by atoms with Gasteiger partial charge in [-0.1, -0.05) is 43.9 Å². The van der Waals surface area contributed by atoms with E-state index in [0.717, 1.165) is 24.4 Å². The summed E-state index contributed by atoms with van der Waals surface area (Å²) in [5, 5.41) is 0. The number of hydrogen-bond acceptors (Lipinski definition) is 2. The lowest BCUT2D eigenvalue weighted by atomic mass is 9.97. The molecule has 2 N–H and O–H groups in total. The molecule has 1 aliphatic carbocycles. The fraction of sp³-hybridized carbons (Fsp3) is 0.588. The van der Waals surface area contributed by atoms with Crippen molar-refractivity contribution in [2.45, 2.75) is 51.0 Å². The van der Waals surface area contributed by atoms with Crippen LogP contribution in [0.2, 0.25) is 0 Å². The first-order valence-corrected chi connectivity index (χ1v) is 7.88. The average Bonchev–Trinajstić information content (AvgIpc) is 2.97. The van der Waals surface area contributed by atoms with Crippen LogP contribution in [0.15, 0.2) is 24.3 Å². The maximum Gasteiger partial charge on any atom is 0.227 e. The van der Waals surface area contributed by atoms with Gasteiger partial charge in [-0.2, -0.15) is 0 Å². The maximum absolute atomic E-state index is 12.5. The molecule has 1 aromatic rings. The molecule has 1 saturated carbocycles. The van der Waals surface area contributed by atoms with Gasteiger partial charge in [0.25, 0.3) is 0 Å². The molecule has 20 heavy (non-hydrogen) atoms. The second kappa shape index (κ2) is 5.96. The van der Waals surface area contributed by atoms with Gasteiger partial charge >= 0.3 is 0 Å². The van der Waals surface area contributed by atoms with Crippen molar-refractivity contribution < 1.29 is 4.79 Å². The molecule has 108 valence electrons. The first-order valence-electron chi connectivity index (χ1n) is 7.88. The summed E-state index contributed by atoms with van der Waals surface area (Å²) in [7, 11) is 0. The molecule has 0 spiro atoms. The number of amides is 1. The molecule has 1 aromatic carbocycles. The first kappa shape index (κ1) is 13.6. The molecule has 1 aliphatic heterocycles. The van der Waals surface area contributed by atoms with Crippen LogP contribution in [0.1, 0.15) is 44.1 Å². The zero-order valence-corrected chi connectivity index (χ0v) is 12.1. The highest BCUT2D eigenvalue weighted by Crippen LogP contribution is 2.31. The lowest BCUT2D eigenvalue weighted by Crippen LogP contribution is -2.46. The second-order valence-electron chi connectivity index (χ2n) is 6.29. The Balaban J connectivity index is 1.67. The van der Waals surface area contributed by atoms with Gasteiger partial charge in [0, 0.05) is 24.7 Å². The van der Waals surface area contributed by atoms with Crippen molar-refractivity contribution in [3.8, 4) is 0 Å². The topological polar surface area (TPSA) is 46.3 Å². The lowest BCUT2D eigenvalue weighted by molar-refractivity contribution is -0.119. The number of rotatable bonds is 3. The van der Waals surface area contributed by atoms with Crippen molar-refractivity contribution in [2.24, 2.45) is 11.7 Å². The first-order chi connectivity index (χ1) is 9.74. The fourth-order valence-electron chi connectivity index (χ4n) is 3.62. The van der Waals surface area contributed by atoms with Gasteiger partial charge in [0.15, 0.2) is 0 Å². The minimum absolute atomic E-state index is 0.0698. The number of para-hydroxylation sites is 1. The van der Waals surface area contributed by atoms with E-state index in [2.05, 4.69) is 12.1 Å². The standard InChI is InChI=1S/C17H24N2O/c18-15-11-14-7-3-4-8-16(14)19(12-15)17(20)10-9-13-5-1-2-6-13/h3-4,7-8,13,15H,1-2,5-6,9-12,18H2. The Kier molecular flexibility index (Phi) is 4.06. The van der Waals surface area contributed by atoms with Crippen LogP contribution in [0, 0.1) is 5.92 Å². The van der Waals surface area contributed by atoms with Crippen molar-refractivity contribution >= 4 is 11.6 Å². The van der Waals surface area contributed by atoms with Crippen LogP contribution in [-0.4, -0.2) is 18.5 Å². The predicted molar refractivity (Wildman–Crippen MR) is 81.7 cm³/mol. The van der Waals surface area contributed by atoms with E-state index in [1.807, 2.05) is 17.0 Å². The predicted octanol–water partition coefficient (Wildman–Crippen LogP) is 2.87. The molecule has 0 bridgehead atoms. The van der Waals surface area contributed by atoms with E-state index >= 15 is 0 Å². The van der Waals surface area contributed by atoms with Crippen molar-refractivity contribution in [1.29, 1.82) is 0 Å². The molecule has 1 unspecified atom stereocenters. The van der Waals surface area contributed by atoms with Gasteiger partial charge in [-0.25, -0.2) is 0 Å². The van der Waals surface area contributed by atoms with E-state index in [4.69, 9.17) is 5.73 Å². The largest absolute Gasteiger partial charge is 0.326 e. The summed E-state index contributed by atoms with van der Waals surface area (Å²) in [6, 6.07) is 8.24. The Labute approximate surface area is 121 Å². The van der Waals surface area contributed by atoms with Crippen LogP contribution < -0.4 is 10.6 Å². The number of nitrogens with two attached hydrogens (primary N) is 1. The quantitative estimate of drug-likeness (QED) is 0.919. The number of benzene rings is 1. The van der Waals surface area contributed by atoms with Crippen LogP contribution in [0.5, 0.6) is 0 Å². The normalized spacial score (nSPS) is 22.9. The molecule has 1 heterocycles. The summed E-state index contributed by atoms with van der Waals surface area (Å²) in [6.45, 7) is 0.667. The SMILES string of the molecule is NC1Cc2ccccc2N(C(=O)CCC2CCCC2)C1. The van der Waals surface area contributed by atoms with Gasteiger partial charge in [0.1, 0.15) is 0 Å². The Morgan fingerprint density at radius 1 is 1.25 bits per heavy atom. The summed E-state index contributed by atoms with van der Waals surface area (Å²) in [4.78, 5) is 14.4. The Morgan fingerprint density at radius 3 is 2.80 bits per heavy atom. The molecule has 0 saturated heterocycles. The molecule has 0 aromatic heterocycles. The maximum atomic E-state index is 12.5. The molecular formula is C17H24N2O. The number of nitrogens with zero attached hydrogens (tertiary/aromatic N) is 1. The van der Waals surface area contributed by atoms with Crippen LogP contribution in [-0.2, 0) is 11.2 Å². The Hall–Kier alpha value is -1.35. The average molecular weight is 272 g/mol. The molecule has 3 rings (SSSR count). The number of anilines is 1. The molecule has 2 aliphatic rings. The highest BCUT2D eigenvalue weighted by molar-refractivity contribution is 5.94. The third-order valence-electron chi connectivity index (χ3n) is 4.72. The van der Waals surface area contributed by atoms with Crippen LogP contribution in [0.4, 0.5) is 5.69 Å². The molecular weight excluding hydrogens is 248 g/mol. The molecule has 0 radical (unpaired) electrons. The monoisotopic (exact) mass is 272 g/mol. The minimum Gasteiger partial charge on any atom is -0.326 e. The van der Waals surface area contributed by atoms with E-state index in [1.54, 1.807) is 0 Å². The van der Waals surface area contributed by atoms with Gasteiger partial charge in [0.05, 0.1) is 0 Å². The Bertz CT molecular complexity index is 480. The summed E-state index contributed by atoms with van der Waals surface area (Å²) in [6.07, 6.45) is 7.90. The molecule has 3 nitrogen and oxygen atoms in total. The third kappa shape index (κ3) is 2.88. The number of fused-ring (bicyclic) bond motifs is 1. The summed E-state index contributed by atoms with van der Waals surface area (Å²) in [5.74, 6) is 1.02. The van der Waals surface area contributed by atoms with E-state index in [0.29, 0.717) is 13.0 Å². The molecule has 1 atom stereocenters. The number of carbonyl (C=O) groups is 1. The van der Waals surface area contributed by atoms with Crippen molar-refractivity contribution in [3.63, 3.8) is 0 Å². The van der Waals surface area contributed by atoms with E-state index < -0.39 is 0 Å². The second-order valence-corrected chi connectivity index (χ2v) is 6.29. The van der Waals surface area contributed by atoms with E-state index in [1.165, 1.54) is 31.2 Å². The number of hydrogen-bond donors (Lipinski definition) is 1.